The number of halogens is 1. The molecule has 0 bridgehead atoms. The van der Waals surface area contributed by atoms with Crippen molar-refractivity contribution < 1.29 is 9.53 Å². The van der Waals surface area contributed by atoms with Crippen LogP contribution in [0.3, 0.4) is 0 Å². The van der Waals surface area contributed by atoms with Crippen molar-refractivity contribution in [1.29, 1.82) is 0 Å². The molecule has 0 aliphatic carbocycles. The van der Waals surface area contributed by atoms with E-state index in [1.807, 2.05) is 25.1 Å². The van der Waals surface area contributed by atoms with Gasteiger partial charge in [0.05, 0.1) is 0 Å². The van der Waals surface area contributed by atoms with Crippen LogP contribution in [0.1, 0.15) is 71.8 Å². The van der Waals surface area contributed by atoms with Gasteiger partial charge in [0.2, 0.25) is 0 Å². The third-order valence-electron chi connectivity index (χ3n) is 5.29. The van der Waals surface area contributed by atoms with Crippen LogP contribution in [0.15, 0.2) is 24.3 Å². The Morgan fingerprint density at radius 3 is 2.04 bits per heavy atom. The van der Waals surface area contributed by atoms with E-state index in [0.29, 0.717) is 6.61 Å². The molecule has 0 fully saturated rings. The van der Waals surface area contributed by atoms with Crippen LogP contribution in [-0.4, -0.2) is 31.0 Å². The number of carbonyl (C=O) groups excluding carboxylic acids is 1. The summed E-state index contributed by atoms with van der Waals surface area (Å²) in [6, 6.07) is 6.34. The van der Waals surface area contributed by atoms with E-state index in [1.54, 1.807) is 0 Å². The molecule has 0 heterocycles. The molecular formula is C23H37ClO2Sn. The first-order chi connectivity index (χ1) is 13.0. The summed E-state index contributed by atoms with van der Waals surface area (Å²) in [6.45, 7) is 9.09. The van der Waals surface area contributed by atoms with Crippen LogP contribution in [0.25, 0.3) is 6.08 Å². The molecule has 0 aliphatic heterocycles. The summed E-state index contributed by atoms with van der Waals surface area (Å²) in [5, 5.41) is 0.947. The number of hydrogen-bond acceptors (Lipinski definition) is 2. The second-order valence-corrected chi connectivity index (χ2v) is 20.9. The molecular weight excluding hydrogens is 462 g/mol. The monoisotopic (exact) mass is 500 g/mol. The van der Waals surface area contributed by atoms with E-state index in [1.165, 1.54) is 61.5 Å². The molecule has 152 valence electrons. The number of hydrogen-bond donors (Lipinski definition) is 0. The van der Waals surface area contributed by atoms with Gasteiger partial charge in [-0.25, -0.2) is 0 Å². The van der Waals surface area contributed by atoms with Crippen molar-refractivity contribution in [1.82, 2.24) is 0 Å². The van der Waals surface area contributed by atoms with Crippen LogP contribution in [0, 0.1) is 0 Å². The van der Waals surface area contributed by atoms with Crippen LogP contribution in [0.5, 0.6) is 0 Å². The van der Waals surface area contributed by atoms with Gasteiger partial charge in [0.25, 0.3) is 0 Å². The van der Waals surface area contributed by atoms with Crippen molar-refractivity contribution in [3.8, 4) is 0 Å². The van der Waals surface area contributed by atoms with Crippen LogP contribution in [-0.2, 0) is 9.53 Å². The molecule has 4 heteroatoms. The SMILES string of the molecule is CCC[CH2][Sn]([CH2]CCC)([CH2]CCC)[c]1cc(/C=C/C(=O)OCC)ccc1Cl. The number of benzene rings is 1. The molecule has 0 radical (unpaired) electrons. The normalized spacial score (nSPS) is 11.9. The van der Waals surface area contributed by atoms with Crippen LogP contribution in [0.2, 0.25) is 18.3 Å². The van der Waals surface area contributed by atoms with Gasteiger partial charge >= 0.3 is 176 Å². The second kappa shape index (κ2) is 13.7. The Balaban J connectivity index is 3.27. The molecule has 1 aromatic carbocycles. The van der Waals surface area contributed by atoms with Gasteiger partial charge in [-0.05, 0) is 0 Å². The fourth-order valence-corrected chi connectivity index (χ4v) is 21.5. The second-order valence-electron chi connectivity index (χ2n) is 7.42. The van der Waals surface area contributed by atoms with E-state index < -0.39 is 18.4 Å². The van der Waals surface area contributed by atoms with Crippen molar-refractivity contribution in [2.45, 2.75) is 79.5 Å². The van der Waals surface area contributed by atoms with Gasteiger partial charge in [-0.3, -0.25) is 0 Å². The Kier molecular flexibility index (Phi) is 12.4. The first-order valence-electron chi connectivity index (χ1n) is 10.7. The molecule has 27 heavy (non-hydrogen) atoms. The zero-order valence-corrected chi connectivity index (χ0v) is 21.3. The number of rotatable bonds is 13. The zero-order chi connectivity index (χ0) is 20.1. The molecule has 0 N–H and O–H groups in total. The van der Waals surface area contributed by atoms with Gasteiger partial charge in [0, 0.05) is 0 Å². The third-order valence-corrected chi connectivity index (χ3v) is 21.7. The Morgan fingerprint density at radius 2 is 1.56 bits per heavy atom. The van der Waals surface area contributed by atoms with Crippen LogP contribution >= 0.6 is 11.6 Å². The molecule has 0 aliphatic rings. The average Bonchev–Trinajstić information content (AvgIpc) is 2.67. The zero-order valence-electron chi connectivity index (χ0n) is 17.7. The fraction of sp³-hybridized carbons (Fsp3) is 0.609. The molecule has 1 rings (SSSR count). The summed E-state index contributed by atoms with van der Waals surface area (Å²) in [5.74, 6) is -0.285. The number of esters is 1. The van der Waals surface area contributed by atoms with Crippen LogP contribution < -0.4 is 3.58 Å². The summed E-state index contributed by atoms with van der Waals surface area (Å²) >= 11 is 4.18. The van der Waals surface area contributed by atoms with E-state index in [9.17, 15) is 4.79 Å². The molecule has 0 amide bonds. The average molecular weight is 500 g/mol. The van der Waals surface area contributed by atoms with Gasteiger partial charge < -0.3 is 0 Å². The summed E-state index contributed by atoms with van der Waals surface area (Å²) in [5.41, 5.74) is 1.06. The predicted octanol–water partition coefficient (Wildman–Crippen LogP) is 6.97. The minimum atomic E-state index is -2.58. The van der Waals surface area contributed by atoms with Gasteiger partial charge in [0.15, 0.2) is 0 Å². The first-order valence-corrected chi connectivity index (χ1v) is 18.5. The first kappa shape index (κ1) is 24.6. The van der Waals surface area contributed by atoms with Crippen molar-refractivity contribution in [3.63, 3.8) is 0 Å². The number of ether oxygens (including phenoxy) is 1. The quantitative estimate of drug-likeness (QED) is 0.166. The maximum absolute atomic E-state index is 11.7. The fourth-order valence-electron chi connectivity index (χ4n) is 3.73. The van der Waals surface area contributed by atoms with E-state index in [4.69, 9.17) is 16.3 Å². The molecule has 0 spiro atoms. The summed E-state index contributed by atoms with van der Waals surface area (Å²) in [7, 11) is 0. The van der Waals surface area contributed by atoms with Crippen molar-refractivity contribution in [3.05, 3.63) is 34.9 Å². The van der Waals surface area contributed by atoms with Gasteiger partial charge in [0.1, 0.15) is 0 Å². The molecule has 2 nitrogen and oxygen atoms in total. The Labute approximate surface area is 175 Å². The van der Waals surface area contributed by atoms with Crippen LogP contribution in [0.4, 0.5) is 0 Å². The Hall–Kier alpha value is -0.481. The third kappa shape index (κ3) is 8.19. The van der Waals surface area contributed by atoms with Gasteiger partial charge in [-0.15, -0.1) is 0 Å². The maximum atomic E-state index is 11.7. The van der Waals surface area contributed by atoms with Crippen molar-refractivity contribution in [2.24, 2.45) is 0 Å². The van der Waals surface area contributed by atoms with E-state index in [-0.39, 0.29) is 5.97 Å². The van der Waals surface area contributed by atoms with E-state index >= 15 is 0 Å². The molecule has 0 saturated heterocycles. The number of unbranched alkanes of at least 4 members (excludes halogenated alkanes) is 3. The van der Waals surface area contributed by atoms with Crippen molar-refractivity contribution >= 4 is 45.6 Å². The van der Waals surface area contributed by atoms with E-state index in [0.717, 1.165) is 10.6 Å². The summed E-state index contributed by atoms with van der Waals surface area (Å²) in [6.07, 6.45) is 11.1. The standard InChI is InChI=1S/C11H10ClO2.3C4H9.Sn/c1-2-14-11(13)8-5-9-3-6-10(12)7-4-9;3*1-3-4-2;/h3-6,8H,2H2,1H3;3*1,3-4H2,2H3;/b8-5+;;;;. The summed E-state index contributed by atoms with van der Waals surface area (Å²) in [4.78, 5) is 11.7. The number of carbonyl (C=O) groups is 1. The van der Waals surface area contributed by atoms with E-state index in [2.05, 4.69) is 26.8 Å². The Morgan fingerprint density at radius 1 is 1.00 bits per heavy atom. The molecule has 0 atom stereocenters. The minimum absolute atomic E-state index is 0.285. The molecule has 0 saturated carbocycles. The molecule has 1 aromatic rings. The van der Waals surface area contributed by atoms with Crippen molar-refractivity contribution in [2.75, 3.05) is 6.61 Å². The predicted molar refractivity (Wildman–Crippen MR) is 122 cm³/mol. The topological polar surface area (TPSA) is 26.3 Å². The van der Waals surface area contributed by atoms with Gasteiger partial charge in [-0.2, -0.15) is 0 Å². The summed E-state index contributed by atoms with van der Waals surface area (Å²) < 4.78 is 10.6. The molecule has 0 aromatic heterocycles. The van der Waals surface area contributed by atoms with Gasteiger partial charge in [-0.1, -0.05) is 0 Å². The Bertz CT molecular complexity index is 576. The molecule has 0 unspecified atom stereocenters.